The van der Waals surface area contributed by atoms with E-state index in [-0.39, 0.29) is 5.69 Å². The van der Waals surface area contributed by atoms with E-state index in [0.717, 1.165) is 5.56 Å². The maximum absolute atomic E-state index is 10.8. The van der Waals surface area contributed by atoms with Crippen molar-refractivity contribution in [3.63, 3.8) is 0 Å². The van der Waals surface area contributed by atoms with Crippen LogP contribution in [0.2, 0.25) is 0 Å². The molecule has 0 saturated carbocycles. The first-order valence-corrected chi connectivity index (χ1v) is 5.45. The molecular weight excluding hydrogens is 246 g/mol. The molecule has 0 fully saturated rings. The van der Waals surface area contributed by atoms with Crippen LogP contribution in [0.25, 0.3) is 22.3 Å². The van der Waals surface area contributed by atoms with Crippen LogP contribution in [0.5, 0.6) is 0 Å². The van der Waals surface area contributed by atoms with Crippen molar-refractivity contribution >= 4 is 22.8 Å². The average molecular weight is 255 g/mol. The summed E-state index contributed by atoms with van der Waals surface area (Å²) in [6.07, 6.45) is 1.47. The molecule has 2 heterocycles. The van der Waals surface area contributed by atoms with Crippen molar-refractivity contribution < 1.29 is 9.90 Å². The molecule has 0 bridgehead atoms. The Balaban J connectivity index is 2.09. The number of aromatic carboxylic acids is 1. The molecule has 3 aromatic rings. The van der Waals surface area contributed by atoms with Crippen LogP contribution >= 0.6 is 0 Å². The smallest absolute Gasteiger partial charge is 0.353 e. The molecule has 0 aliphatic rings. The predicted molar refractivity (Wildman–Crippen MR) is 68.5 cm³/mol. The molecule has 7 heteroatoms. The maximum Gasteiger partial charge on any atom is 0.353 e. The Morgan fingerprint density at radius 2 is 2.11 bits per heavy atom. The summed E-state index contributed by atoms with van der Waals surface area (Å²) in [6, 6.07) is 6.80. The minimum atomic E-state index is -1.05. The van der Waals surface area contributed by atoms with Crippen molar-refractivity contribution in [2.24, 2.45) is 0 Å². The number of H-pyrrole nitrogens is 1. The van der Waals surface area contributed by atoms with E-state index in [2.05, 4.69) is 20.2 Å². The van der Waals surface area contributed by atoms with E-state index in [0.29, 0.717) is 22.5 Å². The summed E-state index contributed by atoms with van der Waals surface area (Å²) < 4.78 is 0. The van der Waals surface area contributed by atoms with Crippen molar-refractivity contribution in [1.82, 2.24) is 20.2 Å². The summed E-state index contributed by atoms with van der Waals surface area (Å²) in [5, 5.41) is 15.2. The van der Waals surface area contributed by atoms with Crippen LogP contribution < -0.4 is 5.73 Å². The van der Waals surface area contributed by atoms with Gasteiger partial charge in [0.05, 0.1) is 22.9 Å². The molecule has 0 radical (unpaired) electrons. The van der Waals surface area contributed by atoms with E-state index in [4.69, 9.17) is 10.8 Å². The van der Waals surface area contributed by atoms with Crippen LogP contribution in [0.15, 0.2) is 30.5 Å². The number of carbonyl (C=O) groups is 1. The Bertz CT molecular complexity index is 781. The zero-order valence-electron chi connectivity index (χ0n) is 9.66. The number of aromatic nitrogens is 4. The summed E-state index contributed by atoms with van der Waals surface area (Å²) in [5.74, 6) is -0.694. The SMILES string of the molecule is Nc1cnc2cc(-c3cc(C(=O)O)[nH]n3)ccc2n1. The van der Waals surface area contributed by atoms with Gasteiger partial charge in [0.15, 0.2) is 0 Å². The van der Waals surface area contributed by atoms with E-state index in [1.807, 2.05) is 0 Å². The molecule has 0 unspecified atom stereocenters. The highest BCUT2D eigenvalue weighted by atomic mass is 16.4. The van der Waals surface area contributed by atoms with Crippen LogP contribution in [0.4, 0.5) is 5.82 Å². The fourth-order valence-electron chi connectivity index (χ4n) is 1.76. The fourth-order valence-corrected chi connectivity index (χ4v) is 1.76. The average Bonchev–Trinajstić information content (AvgIpc) is 2.88. The summed E-state index contributed by atoms with van der Waals surface area (Å²) in [6.45, 7) is 0. The molecule has 3 rings (SSSR count). The normalized spacial score (nSPS) is 10.7. The zero-order valence-corrected chi connectivity index (χ0v) is 9.66. The minimum Gasteiger partial charge on any atom is -0.477 e. The molecule has 0 atom stereocenters. The Kier molecular flexibility index (Phi) is 2.38. The molecule has 0 amide bonds. The van der Waals surface area contributed by atoms with E-state index in [1.54, 1.807) is 18.2 Å². The van der Waals surface area contributed by atoms with E-state index in [9.17, 15) is 4.79 Å². The van der Waals surface area contributed by atoms with Gasteiger partial charge in [-0.1, -0.05) is 6.07 Å². The second-order valence-electron chi connectivity index (χ2n) is 3.97. The molecule has 7 nitrogen and oxygen atoms in total. The Morgan fingerprint density at radius 1 is 1.26 bits per heavy atom. The first kappa shape index (κ1) is 11.1. The molecule has 1 aromatic carbocycles. The van der Waals surface area contributed by atoms with Crippen LogP contribution in [0.3, 0.4) is 0 Å². The van der Waals surface area contributed by atoms with Gasteiger partial charge in [-0.15, -0.1) is 0 Å². The van der Waals surface area contributed by atoms with Gasteiger partial charge in [-0.3, -0.25) is 10.1 Å². The van der Waals surface area contributed by atoms with Crippen molar-refractivity contribution in [1.29, 1.82) is 0 Å². The third-order valence-electron chi connectivity index (χ3n) is 2.66. The molecule has 19 heavy (non-hydrogen) atoms. The minimum absolute atomic E-state index is 0.0403. The number of carboxylic acid groups (broad SMARTS) is 1. The number of nitrogen functional groups attached to an aromatic ring is 1. The van der Waals surface area contributed by atoms with Crippen molar-refractivity contribution in [3.05, 3.63) is 36.2 Å². The van der Waals surface area contributed by atoms with Crippen molar-refractivity contribution in [2.75, 3.05) is 5.73 Å². The Hall–Kier alpha value is -2.96. The number of benzene rings is 1. The third-order valence-corrected chi connectivity index (χ3v) is 2.66. The molecule has 0 spiro atoms. The number of hydrogen-bond acceptors (Lipinski definition) is 5. The second-order valence-corrected chi connectivity index (χ2v) is 3.97. The first-order valence-electron chi connectivity index (χ1n) is 5.45. The number of nitrogens with two attached hydrogens (primary N) is 1. The topological polar surface area (TPSA) is 118 Å². The molecule has 0 aliphatic carbocycles. The summed E-state index contributed by atoms with van der Waals surface area (Å²) in [5.41, 5.74) is 8.24. The number of carboxylic acids is 1. The quantitative estimate of drug-likeness (QED) is 0.635. The van der Waals surface area contributed by atoms with E-state index >= 15 is 0 Å². The maximum atomic E-state index is 10.8. The number of fused-ring (bicyclic) bond motifs is 1. The lowest BCUT2D eigenvalue weighted by Gasteiger charge is -2.00. The van der Waals surface area contributed by atoms with Gasteiger partial charge < -0.3 is 10.8 Å². The fraction of sp³-hybridized carbons (Fsp3) is 0. The van der Waals surface area contributed by atoms with Crippen LogP contribution in [-0.2, 0) is 0 Å². The van der Waals surface area contributed by atoms with Gasteiger partial charge in [0.2, 0.25) is 0 Å². The summed E-state index contributed by atoms with van der Waals surface area (Å²) in [7, 11) is 0. The Morgan fingerprint density at radius 3 is 2.84 bits per heavy atom. The number of nitrogens with zero attached hydrogens (tertiary/aromatic N) is 3. The Labute approximate surface area is 107 Å². The predicted octanol–water partition coefficient (Wildman–Crippen LogP) is 1.30. The summed E-state index contributed by atoms with van der Waals surface area (Å²) in [4.78, 5) is 19.1. The highest BCUT2D eigenvalue weighted by molar-refractivity contribution is 5.87. The van der Waals surface area contributed by atoms with Gasteiger partial charge in [-0.2, -0.15) is 5.10 Å². The molecule has 0 aliphatic heterocycles. The van der Waals surface area contributed by atoms with Gasteiger partial charge in [-0.25, -0.2) is 9.78 Å². The number of aromatic amines is 1. The van der Waals surface area contributed by atoms with Crippen molar-refractivity contribution in [2.45, 2.75) is 0 Å². The zero-order chi connectivity index (χ0) is 13.4. The number of rotatable bonds is 2. The monoisotopic (exact) mass is 255 g/mol. The molecule has 0 saturated heterocycles. The highest BCUT2D eigenvalue weighted by Gasteiger charge is 2.10. The number of anilines is 1. The number of hydrogen-bond donors (Lipinski definition) is 3. The molecule has 4 N–H and O–H groups in total. The van der Waals surface area contributed by atoms with Gasteiger partial charge in [0, 0.05) is 5.56 Å². The van der Waals surface area contributed by atoms with E-state index in [1.165, 1.54) is 12.3 Å². The van der Waals surface area contributed by atoms with Crippen LogP contribution in [0, 0.1) is 0 Å². The summed E-state index contributed by atoms with van der Waals surface area (Å²) >= 11 is 0. The molecule has 94 valence electrons. The van der Waals surface area contributed by atoms with Gasteiger partial charge in [0.1, 0.15) is 11.5 Å². The molecule has 2 aromatic heterocycles. The standard InChI is InChI=1S/C12H9N5O2/c13-11-5-14-9-3-6(1-2-7(9)15-11)8-4-10(12(18)19)17-16-8/h1-5H,(H2,13,15)(H,16,17)(H,18,19). The number of nitrogens with one attached hydrogen (secondary N) is 1. The van der Waals surface area contributed by atoms with Gasteiger partial charge >= 0.3 is 5.97 Å². The van der Waals surface area contributed by atoms with Crippen LogP contribution in [0.1, 0.15) is 10.5 Å². The highest BCUT2D eigenvalue weighted by Crippen LogP contribution is 2.21. The first-order chi connectivity index (χ1) is 9.13. The largest absolute Gasteiger partial charge is 0.477 e. The second kappa shape index (κ2) is 4.05. The lowest BCUT2D eigenvalue weighted by atomic mass is 10.1. The van der Waals surface area contributed by atoms with E-state index < -0.39 is 5.97 Å². The lowest BCUT2D eigenvalue weighted by molar-refractivity contribution is 0.0690. The molecular formula is C12H9N5O2. The van der Waals surface area contributed by atoms with Crippen LogP contribution in [-0.4, -0.2) is 31.2 Å². The van der Waals surface area contributed by atoms with Crippen molar-refractivity contribution in [3.8, 4) is 11.3 Å². The lowest BCUT2D eigenvalue weighted by Crippen LogP contribution is -1.95. The van der Waals surface area contributed by atoms with Gasteiger partial charge in [-0.05, 0) is 18.2 Å². The third kappa shape index (κ3) is 1.97. The van der Waals surface area contributed by atoms with Gasteiger partial charge in [0.25, 0.3) is 0 Å².